The molecular formula is C21H19ClF3N7O2. The van der Waals surface area contributed by atoms with Gasteiger partial charge in [0, 0.05) is 29.7 Å². The Hall–Kier alpha value is -3.67. The minimum Gasteiger partial charge on any atom is -0.504 e. The highest BCUT2D eigenvalue weighted by Gasteiger charge is 2.28. The van der Waals surface area contributed by atoms with E-state index >= 15 is 0 Å². The van der Waals surface area contributed by atoms with Crippen LogP contribution in [-0.2, 0) is 19.5 Å². The van der Waals surface area contributed by atoms with Crippen molar-refractivity contribution in [3.05, 3.63) is 69.8 Å². The molecule has 0 atom stereocenters. The van der Waals surface area contributed by atoms with Crippen molar-refractivity contribution in [2.45, 2.75) is 39.0 Å². The summed E-state index contributed by atoms with van der Waals surface area (Å²) in [4.78, 5) is 21.5. The fourth-order valence-corrected chi connectivity index (χ4v) is 3.47. The van der Waals surface area contributed by atoms with Crippen LogP contribution in [0.25, 0.3) is 17.2 Å². The van der Waals surface area contributed by atoms with Crippen LogP contribution in [0.5, 0.6) is 5.75 Å². The summed E-state index contributed by atoms with van der Waals surface area (Å²) in [6.07, 6.45) is -3.69. The Morgan fingerprint density at radius 3 is 2.50 bits per heavy atom. The maximum absolute atomic E-state index is 13.0. The van der Waals surface area contributed by atoms with Gasteiger partial charge in [-0.25, -0.2) is 19.4 Å². The van der Waals surface area contributed by atoms with Crippen LogP contribution >= 0.6 is 11.6 Å². The molecule has 0 aliphatic carbocycles. The van der Waals surface area contributed by atoms with Gasteiger partial charge in [-0.15, -0.1) is 10.2 Å². The van der Waals surface area contributed by atoms with Crippen molar-refractivity contribution >= 4 is 11.6 Å². The average molecular weight is 494 g/mol. The smallest absolute Gasteiger partial charge is 0.390 e. The molecule has 0 amide bonds. The fraction of sp³-hybridized carbons (Fsp3) is 0.286. The van der Waals surface area contributed by atoms with Crippen LogP contribution in [0.15, 0.2) is 47.4 Å². The van der Waals surface area contributed by atoms with Crippen LogP contribution in [0.3, 0.4) is 0 Å². The fourth-order valence-electron chi connectivity index (χ4n) is 3.34. The molecule has 9 nitrogen and oxygen atoms in total. The van der Waals surface area contributed by atoms with E-state index in [1.54, 1.807) is 30.3 Å². The predicted octanol–water partition coefficient (Wildman–Crippen LogP) is 3.61. The van der Waals surface area contributed by atoms with Crippen molar-refractivity contribution in [2.75, 3.05) is 0 Å². The summed E-state index contributed by atoms with van der Waals surface area (Å²) < 4.78 is 42.0. The van der Waals surface area contributed by atoms with Crippen molar-refractivity contribution in [2.24, 2.45) is 0 Å². The molecule has 3 heterocycles. The lowest BCUT2D eigenvalue weighted by Gasteiger charge is -2.08. The Kier molecular flexibility index (Phi) is 6.42. The molecule has 0 fully saturated rings. The van der Waals surface area contributed by atoms with Crippen LogP contribution in [0.4, 0.5) is 13.2 Å². The number of halogens is 4. The second kappa shape index (κ2) is 9.29. The van der Waals surface area contributed by atoms with Gasteiger partial charge in [-0.05, 0) is 36.4 Å². The zero-order valence-electron chi connectivity index (χ0n) is 17.9. The van der Waals surface area contributed by atoms with E-state index in [4.69, 9.17) is 11.6 Å². The lowest BCUT2D eigenvalue weighted by Crippen LogP contribution is -2.27. The first-order valence-corrected chi connectivity index (χ1v) is 10.6. The highest BCUT2D eigenvalue weighted by atomic mass is 35.5. The summed E-state index contributed by atoms with van der Waals surface area (Å²) in [6, 6.07) is 9.28. The third kappa shape index (κ3) is 4.96. The standard InChI is InChI=1S/C21H19ClF3N7O2/c1-2-17-27-16(28-32(17)19-15(33)4-3-10-26-19)12-31-20(34)30(11-9-21(23,24)25)18(29-31)13-5-7-14(22)8-6-13/h3-8,10,33H,2,9,11-12H2,1H3. The van der Waals surface area contributed by atoms with E-state index in [0.29, 0.717) is 22.8 Å². The Morgan fingerprint density at radius 1 is 1.12 bits per heavy atom. The lowest BCUT2D eigenvalue weighted by atomic mass is 10.2. The monoisotopic (exact) mass is 493 g/mol. The van der Waals surface area contributed by atoms with E-state index in [9.17, 15) is 23.1 Å². The molecule has 0 saturated carbocycles. The van der Waals surface area contributed by atoms with Gasteiger partial charge in [0.15, 0.2) is 23.2 Å². The molecule has 0 saturated heterocycles. The summed E-state index contributed by atoms with van der Waals surface area (Å²) in [6.45, 7) is 1.05. The molecule has 0 unspecified atom stereocenters. The summed E-state index contributed by atoms with van der Waals surface area (Å²) in [5, 5.41) is 19.1. The molecule has 0 aliphatic rings. The number of aromatic hydroxyl groups is 1. The third-order valence-electron chi connectivity index (χ3n) is 4.94. The van der Waals surface area contributed by atoms with Gasteiger partial charge in [-0.3, -0.25) is 4.57 Å². The van der Waals surface area contributed by atoms with Crippen molar-refractivity contribution in [1.29, 1.82) is 0 Å². The number of nitrogens with zero attached hydrogens (tertiary/aromatic N) is 7. The van der Waals surface area contributed by atoms with Crippen molar-refractivity contribution in [1.82, 2.24) is 34.1 Å². The van der Waals surface area contributed by atoms with Gasteiger partial charge < -0.3 is 5.11 Å². The summed E-state index contributed by atoms with van der Waals surface area (Å²) >= 11 is 5.91. The zero-order chi connectivity index (χ0) is 24.5. The number of pyridine rings is 1. The third-order valence-corrected chi connectivity index (χ3v) is 5.19. The quantitative estimate of drug-likeness (QED) is 0.422. The van der Waals surface area contributed by atoms with E-state index in [1.807, 2.05) is 6.92 Å². The number of aryl methyl sites for hydroxylation is 1. The first kappa shape index (κ1) is 23.5. The minimum absolute atomic E-state index is 0.0726. The number of hydrogen-bond donors (Lipinski definition) is 1. The van der Waals surface area contributed by atoms with E-state index < -0.39 is 24.8 Å². The summed E-state index contributed by atoms with van der Waals surface area (Å²) in [7, 11) is 0. The Bertz CT molecular complexity index is 1360. The van der Waals surface area contributed by atoms with Crippen LogP contribution in [-0.4, -0.2) is 45.4 Å². The van der Waals surface area contributed by atoms with E-state index in [1.165, 1.54) is 16.9 Å². The normalized spacial score (nSPS) is 11.8. The SMILES string of the molecule is CCc1nc(Cn2nc(-c3ccc(Cl)cc3)n(CCC(F)(F)F)c2=O)nn1-c1ncccc1O. The molecule has 0 bridgehead atoms. The molecule has 1 N–H and O–H groups in total. The van der Waals surface area contributed by atoms with Gasteiger partial charge in [0.1, 0.15) is 12.4 Å². The average Bonchev–Trinajstić information content (AvgIpc) is 3.33. The maximum Gasteiger partial charge on any atom is 0.390 e. The van der Waals surface area contributed by atoms with Gasteiger partial charge in [-0.2, -0.15) is 17.9 Å². The minimum atomic E-state index is -4.44. The van der Waals surface area contributed by atoms with Gasteiger partial charge >= 0.3 is 11.9 Å². The Balaban J connectivity index is 1.73. The van der Waals surface area contributed by atoms with Crippen LogP contribution in [0.2, 0.25) is 5.02 Å². The van der Waals surface area contributed by atoms with Crippen molar-refractivity contribution < 1.29 is 18.3 Å². The summed E-state index contributed by atoms with van der Waals surface area (Å²) in [5.41, 5.74) is -0.294. The molecule has 34 heavy (non-hydrogen) atoms. The highest BCUT2D eigenvalue weighted by molar-refractivity contribution is 6.30. The number of rotatable bonds is 7. The van der Waals surface area contributed by atoms with Crippen molar-refractivity contribution in [3.8, 4) is 23.0 Å². The molecule has 0 spiro atoms. The van der Waals surface area contributed by atoms with Crippen molar-refractivity contribution in [3.63, 3.8) is 0 Å². The second-order valence-electron chi connectivity index (χ2n) is 7.34. The maximum atomic E-state index is 13.0. The molecule has 178 valence electrons. The summed E-state index contributed by atoms with van der Waals surface area (Å²) in [5.74, 6) is 0.803. The van der Waals surface area contributed by atoms with Gasteiger partial charge in [0.25, 0.3) is 0 Å². The topological polar surface area (TPSA) is 104 Å². The van der Waals surface area contributed by atoms with Gasteiger partial charge in [0.05, 0.1) is 6.42 Å². The van der Waals surface area contributed by atoms with Crippen LogP contribution in [0.1, 0.15) is 25.0 Å². The molecule has 4 aromatic rings. The van der Waals surface area contributed by atoms with E-state index in [0.717, 1.165) is 9.25 Å². The Labute approximate surface area is 196 Å². The highest BCUT2D eigenvalue weighted by Crippen LogP contribution is 2.24. The molecule has 0 radical (unpaired) electrons. The number of benzene rings is 1. The number of alkyl halides is 3. The lowest BCUT2D eigenvalue weighted by molar-refractivity contribution is -0.136. The molecule has 13 heteroatoms. The molecular weight excluding hydrogens is 475 g/mol. The van der Waals surface area contributed by atoms with E-state index in [2.05, 4.69) is 20.2 Å². The van der Waals surface area contributed by atoms with Gasteiger partial charge in [-0.1, -0.05) is 18.5 Å². The molecule has 4 rings (SSSR count). The molecule has 3 aromatic heterocycles. The number of aromatic nitrogens is 7. The second-order valence-corrected chi connectivity index (χ2v) is 7.78. The van der Waals surface area contributed by atoms with Crippen LogP contribution < -0.4 is 5.69 Å². The molecule has 1 aromatic carbocycles. The predicted molar refractivity (Wildman–Crippen MR) is 117 cm³/mol. The largest absolute Gasteiger partial charge is 0.504 e. The van der Waals surface area contributed by atoms with Crippen LogP contribution in [0, 0.1) is 0 Å². The van der Waals surface area contributed by atoms with Gasteiger partial charge in [0.2, 0.25) is 0 Å². The first-order chi connectivity index (χ1) is 16.2. The van der Waals surface area contributed by atoms with E-state index in [-0.39, 0.29) is 29.8 Å². The Morgan fingerprint density at radius 2 is 1.85 bits per heavy atom. The zero-order valence-corrected chi connectivity index (χ0v) is 18.6. The number of hydrogen-bond acceptors (Lipinski definition) is 6. The first-order valence-electron chi connectivity index (χ1n) is 10.3. The molecule has 0 aliphatic heterocycles.